The van der Waals surface area contributed by atoms with Gasteiger partial charge in [0.05, 0.1) is 25.3 Å². The Hall–Kier alpha value is -1.06. The number of morpholine rings is 1. The fraction of sp³-hybridized carbons (Fsp3) is 0.562. The van der Waals surface area contributed by atoms with Crippen molar-refractivity contribution in [2.24, 2.45) is 0 Å². The maximum atomic E-state index is 12.3. The summed E-state index contributed by atoms with van der Waals surface area (Å²) in [5, 5.41) is 0.751. The van der Waals surface area contributed by atoms with Crippen LogP contribution in [0.2, 0.25) is 5.02 Å². The molecule has 1 amide bonds. The molecule has 0 aliphatic carbocycles. The van der Waals surface area contributed by atoms with Gasteiger partial charge in [0, 0.05) is 11.4 Å². The van der Waals surface area contributed by atoms with E-state index in [-0.39, 0.29) is 18.0 Å². The molecule has 2 atom stereocenters. The fourth-order valence-corrected chi connectivity index (χ4v) is 2.85. The molecule has 2 rings (SSSR count). The molecule has 1 aliphatic rings. The number of carbonyl (C=O) groups is 1. The molecule has 3 nitrogen and oxygen atoms in total. The highest BCUT2D eigenvalue weighted by Gasteiger charge is 2.28. The van der Waals surface area contributed by atoms with Crippen LogP contribution >= 0.6 is 11.6 Å². The van der Waals surface area contributed by atoms with Gasteiger partial charge in [0.25, 0.3) is 0 Å². The van der Waals surface area contributed by atoms with Gasteiger partial charge in [0.1, 0.15) is 0 Å². The van der Waals surface area contributed by atoms with Crippen LogP contribution in [0, 0.1) is 0 Å². The van der Waals surface area contributed by atoms with Crippen molar-refractivity contribution in [2.45, 2.75) is 45.2 Å². The van der Waals surface area contributed by atoms with Crippen LogP contribution in [0.1, 0.15) is 32.3 Å². The summed E-state index contributed by atoms with van der Waals surface area (Å²) < 4.78 is 5.45. The molecular weight excluding hydrogens is 274 g/mol. The highest BCUT2D eigenvalue weighted by Crippen LogP contribution is 2.16. The number of carbonyl (C=O) groups excluding carboxylic acids is 1. The lowest BCUT2D eigenvalue weighted by atomic mass is 10.1. The standard InChI is InChI=1S/C16H22ClNO2/c1-12-10-20-11-13(2)18(12)16(19)5-3-4-14-6-8-15(17)9-7-14/h6-9,12-13H,3-5,10-11H2,1-2H3. The van der Waals surface area contributed by atoms with Crippen LogP contribution in [-0.4, -0.2) is 36.1 Å². The average Bonchev–Trinajstić information content (AvgIpc) is 2.41. The zero-order chi connectivity index (χ0) is 14.5. The molecule has 0 N–H and O–H groups in total. The Morgan fingerprint density at radius 3 is 2.45 bits per heavy atom. The predicted octanol–water partition coefficient (Wildman–Crippen LogP) is 3.30. The molecule has 110 valence electrons. The first kappa shape index (κ1) is 15.3. The van der Waals surface area contributed by atoms with Crippen molar-refractivity contribution in [1.82, 2.24) is 4.90 Å². The molecule has 0 aromatic heterocycles. The Labute approximate surface area is 125 Å². The van der Waals surface area contributed by atoms with Crippen molar-refractivity contribution in [3.63, 3.8) is 0 Å². The summed E-state index contributed by atoms with van der Waals surface area (Å²) in [6, 6.07) is 8.19. The smallest absolute Gasteiger partial charge is 0.223 e. The molecule has 0 spiro atoms. The molecule has 0 bridgehead atoms. The van der Waals surface area contributed by atoms with E-state index in [1.807, 2.05) is 43.0 Å². The van der Waals surface area contributed by atoms with Gasteiger partial charge < -0.3 is 9.64 Å². The van der Waals surface area contributed by atoms with Gasteiger partial charge >= 0.3 is 0 Å². The van der Waals surface area contributed by atoms with Crippen LogP contribution in [0.15, 0.2) is 24.3 Å². The molecule has 0 saturated carbocycles. The third kappa shape index (κ3) is 3.97. The van der Waals surface area contributed by atoms with E-state index in [4.69, 9.17) is 16.3 Å². The number of halogens is 1. The van der Waals surface area contributed by atoms with Gasteiger partial charge in [-0.2, -0.15) is 0 Å². The van der Waals surface area contributed by atoms with Crippen molar-refractivity contribution in [3.05, 3.63) is 34.9 Å². The lowest BCUT2D eigenvalue weighted by Crippen LogP contribution is -2.52. The van der Waals surface area contributed by atoms with E-state index < -0.39 is 0 Å². The van der Waals surface area contributed by atoms with Crippen LogP contribution < -0.4 is 0 Å². The Morgan fingerprint density at radius 2 is 1.85 bits per heavy atom. The number of hydrogen-bond donors (Lipinski definition) is 0. The second-order valence-electron chi connectivity index (χ2n) is 5.52. The van der Waals surface area contributed by atoms with E-state index in [1.165, 1.54) is 5.56 Å². The van der Waals surface area contributed by atoms with Crippen LogP contribution in [0.3, 0.4) is 0 Å². The monoisotopic (exact) mass is 295 g/mol. The molecule has 1 fully saturated rings. The molecule has 2 unspecified atom stereocenters. The Balaban J connectivity index is 1.81. The number of rotatable bonds is 4. The normalized spacial score (nSPS) is 22.9. The fourth-order valence-electron chi connectivity index (χ4n) is 2.72. The summed E-state index contributed by atoms with van der Waals surface area (Å²) in [5.74, 6) is 0.238. The maximum Gasteiger partial charge on any atom is 0.223 e. The van der Waals surface area contributed by atoms with Crippen molar-refractivity contribution in [2.75, 3.05) is 13.2 Å². The zero-order valence-electron chi connectivity index (χ0n) is 12.1. The first-order valence-corrected chi connectivity index (χ1v) is 7.59. The molecule has 1 aromatic rings. The Kier molecular flexibility index (Phi) is 5.44. The van der Waals surface area contributed by atoms with Gasteiger partial charge in [-0.1, -0.05) is 23.7 Å². The Morgan fingerprint density at radius 1 is 1.25 bits per heavy atom. The molecule has 1 aromatic carbocycles. The van der Waals surface area contributed by atoms with E-state index in [0.29, 0.717) is 19.6 Å². The summed E-state index contributed by atoms with van der Waals surface area (Å²) in [5.41, 5.74) is 1.23. The third-order valence-electron chi connectivity index (χ3n) is 3.73. The summed E-state index contributed by atoms with van der Waals surface area (Å²) in [7, 11) is 0. The van der Waals surface area contributed by atoms with E-state index in [2.05, 4.69) is 0 Å². The van der Waals surface area contributed by atoms with Gasteiger partial charge in [-0.3, -0.25) is 4.79 Å². The lowest BCUT2D eigenvalue weighted by molar-refractivity contribution is -0.144. The van der Waals surface area contributed by atoms with Crippen molar-refractivity contribution in [3.8, 4) is 0 Å². The number of amides is 1. The first-order chi connectivity index (χ1) is 9.58. The predicted molar refractivity (Wildman–Crippen MR) is 81.0 cm³/mol. The number of nitrogens with zero attached hydrogens (tertiary/aromatic N) is 1. The molecular formula is C16H22ClNO2. The summed E-state index contributed by atoms with van der Waals surface area (Å²) in [6.45, 7) is 5.39. The molecule has 20 heavy (non-hydrogen) atoms. The molecule has 0 radical (unpaired) electrons. The topological polar surface area (TPSA) is 29.5 Å². The average molecular weight is 296 g/mol. The minimum absolute atomic E-state index is 0.182. The second-order valence-corrected chi connectivity index (χ2v) is 5.95. The van der Waals surface area contributed by atoms with Crippen LogP contribution in [0.25, 0.3) is 0 Å². The van der Waals surface area contributed by atoms with E-state index in [9.17, 15) is 4.79 Å². The highest BCUT2D eigenvalue weighted by atomic mass is 35.5. The van der Waals surface area contributed by atoms with Crippen molar-refractivity contribution < 1.29 is 9.53 Å². The van der Waals surface area contributed by atoms with Crippen molar-refractivity contribution >= 4 is 17.5 Å². The Bertz CT molecular complexity index is 436. The number of aryl methyl sites for hydroxylation is 1. The number of ether oxygens (including phenoxy) is 1. The van der Waals surface area contributed by atoms with E-state index in [1.54, 1.807) is 0 Å². The molecule has 1 aliphatic heterocycles. The van der Waals surface area contributed by atoms with Crippen LogP contribution in [0.5, 0.6) is 0 Å². The van der Waals surface area contributed by atoms with Gasteiger partial charge in [-0.05, 0) is 44.4 Å². The van der Waals surface area contributed by atoms with Crippen molar-refractivity contribution in [1.29, 1.82) is 0 Å². The number of benzene rings is 1. The molecule has 1 heterocycles. The highest BCUT2D eigenvalue weighted by molar-refractivity contribution is 6.30. The maximum absolute atomic E-state index is 12.3. The molecule has 4 heteroatoms. The van der Waals surface area contributed by atoms with Gasteiger partial charge in [0.2, 0.25) is 5.91 Å². The number of hydrogen-bond acceptors (Lipinski definition) is 2. The summed E-state index contributed by atoms with van der Waals surface area (Å²) in [4.78, 5) is 14.3. The van der Waals surface area contributed by atoms with Crippen LogP contribution in [-0.2, 0) is 16.0 Å². The van der Waals surface area contributed by atoms with E-state index >= 15 is 0 Å². The second kappa shape index (κ2) is 7.09. The van der Waals surface area contributed by atoms with Gasteiger partial charge in [0.15, 0.2) is 0 Å². The summed E-state index contributed by atoms with van der Waals surface area (Å²) in [6.07, 6.45) is 2.38. The SMILES string of the molecule is CC1COCC(C)N1C(=O)CCCc1ccc(Cl)cc1. The minimum atomic E-state index is 0.182. The minimum Gasteiger partial charge on any atom is -0.377 e. The quantitative estimate of drug-likeness (QED) is 0.853. The van der Waals surface area contributed by atoms with Crippen LogP contribution in [0.4, 0.5) is 0 Å². The summed E-state index contributed by atoms with van der Waals surface area (Å²) >= 11 is 5.86. The molecule has 1 saturated heterocycles. The van der Waals surface area contributed by atoms with Gasteiger partial charge in [-0.25, -0.2) is 0 Å². The third-order valence-corrected chi connectivity index (χ3v) is 3.98. The lowest BCUT2D eigenvalue weighted by Gasteiger charge is -2.38. The largest absolute Gasteiger partial charge is 0.377 e. The zero-order valence-corrected chi connectivity index (χ0v) is 12.9. The first-order valence-electron chi connectivity index (χ1n) is 7.21. The van der Waals surface area contributed by atoms with Gasteiger partial charge in [-0.15, -0.1) is 0 Å². The van der Waals surface area contributed by atoms with E-state index in [0.717, 1.165) is 17.9 Å².